The SMILES string of the molecule is O=C(Nc1ccc2c(c1)OCO2)c1cnc2ccccn2c1=O. The van der Waals surface area contributed by atoms with Gasteiger partial charge in [-0.1, -0.05) is 6.07 Å². The first-order valence-electron chi connectivity index (χ1n) is 6.90. The second kappa shape index (κ2) is 5.13. The summed E-state index contributed by atoms with van der Waals surface area (Å²) in [5.74, 6) is 0.645. The molecule has 3 heterocycles. The van der Waals surface area contributed by atoms with Crippen molar-refractivity contribution in [3.63, 3.8) is 0 Å². The molecule has 7 nitrogen and oxygen atoms in total. The number of ether oxygens (including phenoxy) is 2. The Morgan fingerprint density at radius 3 is 2.96 bits per heavy atom. The zero-order valence-corrected chi connectivity index (χ0v) is 11.9. The van der Waals surface area contributed by atoms with E-state index in [1.54, 1.807) is 42.6 Å². The van der Waals surface area contributed by atoms with Crippen LogP contribution in [0.1, 0.15) is 10.4 Å². The largest absolute Gasteiger partial charge is 0.454 e. The van der Waals surface area contributed by atoms with Crippen molar-refractivity contribution in [3.05, 3.63) is 64.7 Å². The van der Waals surface area contributed by atoms with Crippen LogP contribution in [0.2, 0.25) is 0 Å². The van der Waals surface area contributed by atoms with E-state index < -0.39 is 11.5 Å². The normalized spacial score (nSPS) is 12.3. The minimum atomic E-state index is -0.528. The number of aromatic nitrogens is 2. The molecule has 1 aliphatic heterocycles. The Bertz CT molecular complexity index is 980. The fourth-order valence-electron chi connectivity index (χ4n) is 2.36. The van der Waals surface area contributed by atoms with Gasteiger partial charge in [0.15, 0.2) is 11.5 Å². The van der Waals surface area contributed by atoms with Crippen molar-refractivity contribution >= 4 is 17.2 Å². The maximum Gasteiger partial charge on any atom is 0.270 e. The fraction of sp³-hybridized carbons (Fsp3) is 0.0625. The average molecular weight is 309 g/mol. The molecule has 0 atom stereocenters. The highest BCUT2D eigenvalue weighted by Crippen LogP contribution is 2.34. The summed E-state index contributed by atoms with van der Waals surface area (Å²) in [4.78, 5) is 28.8. The summed E-state index contributed by atoms with van der Waals surface area (Å²) in [6.07, 6.45) is 2.85. The molecule has 1 aromatic carbocycles. The number of hydrogen-bond donors (Lipinski definition) is 1. The molecule has 23 heavy (non-hydrogen) atoms. The third kappa shape index (κ3) is 2.28. The molecule has 1 aliphatic rings. The van der Waals surface area contributed by atoms with Crippen molar-refractivity contribution in [1.29, 1.82) is 0 Å². The maximum absolute atomic E-state index is 12.4. The van der Waals surface area contributed by atoms with Gasteiger partial charge in [-0.2, -0.15) is 0 Å². The smallest absolute Gasteiger partial charge is 0.270 e. The Kier molecular flexibility index (Phi) is 2.97. The number of nitrogens with zero attached hydrogens (tertiary/aromatic N) is 2. The monoisotopic (exact) mass is 309 g/mol. The van der Waals surface area contributed by atoms with Gasteiger partial charge in [-0.05, 0) is 24.3 Å². The molecule has 7 heteroatoms. The first kappa shape index (κ1) is 13.3. The Morgan fingerprint density at radius 1 is 1.17 bits per heavy atom. The highest BCUT2D eigenvalue weighted by atomic mass is 16.7. The van der Waals surface area contributed by atoms with E-state index in [0.717, 1.165) is 0 Å². The number of anilines is 1. The second-order valence-electron chi connectivity index (χ2n) is 4.93. The molecule has 1 N–H and O–H groups in total. The molecule has 114 valence electrons. The predicted molar refractivity (Wildman–Crippen MR) is 82.0 cm³/mol. The van der Waals surface area contributed by atoms with Crippen LogP contribution in [0.15, 0.2) is 53.6 Å². The van der Waals surface area contributed by atoms with E-state index in [1.165, 1.54) is 10.6 Å². The van der Waals surface area contributed by atoms with Gasteiger partial charge in [0.1, 0.15) is 11.2 Å². The lowest BCUT2D eigenvalue weighted by Gasteiger charge is -2.07. The van der Waals surface area contributed by atoms with Gasteiger partial charge in [0.05, 0.1) is 0 Å². The zero-order valence-electron chi connectivity index (χ0n) is 11.9. The van der Waals surface area contributed by atoms with E-state index in [2.05, 4.69) is 10.3 Å². The van der Waals surface area contributed by atoms with Crippen molar-refractivity contribution < 1.29 is 14.3 Å². The van der Waals surface area contributed by atoms with Gasteiger partial charge in [0, 0.05) is 24.1 Å². The van der Waals surface area contributed by atoms with Crippen molar-refractivity contribution in [2.45, 2.75) is 0 Å². The van der Waals surface area contributed by atoms with Crippen LogP contribution in [-0.2, 0) is 0 Å². The van der Waals surface area contributed by atoms with Gasteiger partial charge < -0.3 is 14.8 Å². The Labute approximate surface area is 130 Å². The van der Waals surface area contributed by atoms with E-state index in [1.807, 2.05) is 0 Å². The predicted octanol–water partition coefficient (Wildman–Crippen LogP) is 1.68. The number of hydrogen-bond acceptors (Lipinski definition) is 5. The van der Waals surface area contributed by atoms with Crippen LogP contribution < -0.4 is 20.3 Å². The quantitative estimate of drug-likeness (QED) is 0.779. The van der Waals surface area contributed by atoms with Gasteiger partial charge in [-0.3, -0.25) is 14.0 Å². The zero-order chi connectivity index (χ0) is 15.8. The van der Waals surface area contributed by atoms with E-state index in [0.29, 0.717) is 22.8 Å². The summed E-state index contributed by atoms with van der Waals surface area (Å²) in [7, 11) is 0. The Hall–Kier alpha value is -3.35. The number of benzene rings is 1. The molecule has 0 aliphatic carbocycles. The number of rotatable bonds is 2. The van der Waals surface area contributed by atoms with Gasteiger partial charge in [-0.25, -0.2) is 4.98 Å². The van der Waals surface area contributed by atoms with E-state index in [9.17, 15) is 9.59 Å². The lowest BCUT2D eigenvalue weighted by atomic mass is 10.2. The Balaban J connectivity index is 1.67. The molecular weight excluding hydrogens is 298 g/mol. The van der Waals surface area contributed by atoms with Crippen LogP contribution in [0.5, 0.6) is 11.5 Å². The van der Waals surface area contributed by atoms with Gasteiger partial charge >= 0.3 is 0 Å². The minimum absolute atomic E-state index is 0.0358. The summed E-state index contributed by atoms with van der Waals surface area (Å²) in [5.41, 5.74) is 0.536. The fourth-order valence-corrected chi connectivity index (χ4v) is 2.36. The standard InChI is InChI=1S/C16H11N3O4/c20-15(18-10-4-5-12-13(7-10)23-9-22-12)11-8-17-14-3-1-2-6-19(14)16(11)21/h1-8H,9H2,(H,18,20). The van der Waals surface area contributed by atoms with Crippen LogP contribution in [0.4, 0.5) is 5.69 Å². The van der Waals surface area contributed by atoms with Crippen LogP contribution in [-0.4, -0.2) is 22.1 Å². The van der Waals surface area contributed by atoms with Crippen molar-refractivity contribution in [3.8, 4) is 11.5 Å². The number of carbonyl (C=O) groups is 1. The molecule has 0 bridgehead atoms. The van der Waals surface area contributed by atoms with Crippen LogP contribution in [0, 0.1) is 0 Å². The lowest BCUT2D eigenvalue weighted by molar-refractivity contribution is 0.102. The first-order valence-corrected chi connectivity index (χ1v) is 6.90. The molecule has 2 aromatic heterocycles. The third-order valence-corrected chi connectivity index (χ3v) is 3.49. The van der Waals surface area contributed by atoms with E-state index >= 15 is 0 Å². The lowest BCUT2D eigenvalue weighted by Crippen LogP contribution is -2.26. The Morgan fingerprint density at radius 2 is 2.04 bits per heavy atom. The van der Waals surface area contributed by atoms with E-state index in [-0.39, 0.29) is 12.4 Å². The third-order valence-electron chi connectivity index (χ3n) is 3.49. The topological polar surface area (TPSA) is 81.9 Å². The molecule has 0 fully saturated rings. The summed E-state index contributed by atoms with van der Waals surface area (Å²) in [6, 6.07) is 10.2. The molecular formula is C16H11N3O4. The van der Waals surface area contributed by atoms with Crippen molar-refractivity contribution in [1.82, 2.24) is 9.38 Å². The molecule has 0 unspecified atom stereocenters. The molecule has 0 spiro atoms. The first-order chi connectivity index (χ1) is 11.2. The highest BCUT2D eigenvalue weighted by Gasteiger charge is 2.17. The molecule has 0 saturated heterocycles. The molecule has 3 aromatic rings. The summed E-state index contributed by atoms with van der Waals surface area (Å²) < 4.78 is 11.8. The maximum atomic E-state index is 12.4. The minimum Gasteiger partial charge on any atom is -0.454 e. The summed E-state index contributed by atoms with van der Waals surface area (Å²) >= 11 is 0. The number of fused-ring (bicyclic) bond motifs is 2. The molecule has 1 amide bonds. The average Bonchev–Trinajstić information content (AvgIpc) is 3.03. The summed E-state index contributed by atoms with van der Waals surface area (Å²) in [6.45, 7) is 0.155. The molecule has 0 saturated carbocycles. The van der Waals surface area contributed by atoms with Gasteiger partial charge in [0.25, 0.3) is 11.5 Å². The number of amides is 1. The van der Waals surface area contributed by atoms with Crippen molar-refractivity contribution in [2.75, 3.05) is 12.1 Å². The van der Waals surface area contributed by atoms with Gasteiger partial charge in [-0.15, -0.1) is 0 Å². The van der Waals surface area contributed by atoms with Gasteiger partial charge in [0.2, 0.25) is 6.79 Å². The van der Waals surface area contributed by atoms with Crippen LogP contribution >= 0.6 is 0 Å². The second-order valence-corrected chi connectivity index (χ2v) is 4.93. The molecule has 0 radical (unpaired) electrons. The molecule has 4 rings (SSSR count). The summed E-state index contributed by atoms with van der Waals surface area (Å²) in [5, 5.41) is 2.67. The number of carbonyl (C=O) groups excluding carboxylic acids is 1. The number of nitrogens with one attached hydrogen (secondary N) is 1. The van der Waals surface area contributed by atoms with Crippen molar-refractivity contribution in [2.24, 2.45) is 0 Å². The van der Waals surface area contributed by atoms with E-state index in [4.69, 9.17) is 9.47 Å². The van der Waals surface area contributed by atoms with Crippen LogP contribution in [0.3, 0.4) is 0 Å². The number of pyridine rings is 1. The van der Waals surface area contributed by atoms with Crippen LogP contribution in [0.25, 0.3) is 5.65 Å². The highest BCUT2D eigenvalue weighted by molar-refractivity contribution is 6.04.